The molecule has 4 aromatic rings. The summed E-state index contributed by atoms with van der Waals surface area (Å²) < 4.78 is 6.75. The maximum absolute atomic E-state index is 12.3. The zero-order valence-electron chi connectivity index (χ0n) is 14.6. The third kappa shape index (κ3) is 4.29. The zero-order valence-corrected chi connectivity index (χ0v) is 16.3. The molecule has 0 atom stereocenters. The number of thiazole rings is 1. The monoisotopic (exact) mass is 409 g/mol. The first-order valence-corrected chi connectivity index (χ1v) is 10.4. The van der Waals surface area contributed by atoms with Crippen LogP contribution in [0.25, 0.3) is 5.65 Å². The Balaban J connectivity index is 1.38. The van der Waals surface area contributed by atoms with Crippen LogP contribution in [-0.4, -0.2) is 20.3 Å². The lowest BCUT2D eigenvalue weighted by atomic mass is 10.2. The molecule has 0 aliphatic carbocycles. The predicted molar refractivity (Wildman–Crippen MR) is 109 cm³/mol. The lowest BCUT2D eigenvalue weighted by molar-refractivity contribution is 0.0467. The second-order valence-corrected chi connectivity index (χ2v) is 7.65. The van der Waals surface area contributed by atoms with E-state index in [1.807, 2.05) is 23.0 Å². The highest BCUT2D eigenvalue weighted by atomic mass is 32.2. The van der Waals surface area contributed by atoms with E-state index in [0.29, 0.717) is 16.9 Å². The fraction of sp³-hybridized carbons (Fsp3) is 0.100. The molecule has 0 amide bonds. The first kappa shape index (κ1) is 18.4. The van der Waals surface area contributed by atoms with E-state index in [-0.39, 0.29) is 12.2 Å². The number of carbonyl (C=O) groups excluding carboxylic acids is 1. The smallest absolute Gasteiger partial charge is 0.338 e. The van der Waals surface area contributed by atoms with Gasteiger partial charge in [-0.3, -0.25) is 9.20 Å². The Labute approximate surface area is 168 Å². The quantitative estimate of drug-likeness (QED) is 0.356. The van der Waals surface area contributed by atoms with Crippen molar-refractivity contribution in [3.63, 3.8) is 0 Å². The van der Waals surface area contributed by atoms with Crippen molar-refractivity contribution >= 4 is 34.7 Å². The van der Waals surface area contributed by atoms with Crippen LogP contribution in [0.4, 0.5) is 0 Å². The topological polar surface area (TPSA) is 73.6 Å². The summed E-state index contributed by atoms with van der Waals surface area (Å²) in [6.45, 7) is -0.0558. The Morgan fingerprint density at radius 1 is 1.14 bits per heavy atom. The number of hydrogen-bond donors (Lipinski definition) is 0. The standard InChI is InChI=1S/C20H15N3O3S2/c24-19-9-15(22-18-3-1-2-8-23(18)19)10-26-20(25)14-4-6-17(7-5-14)28-12-16-11-27-13-21-16/h1-9,11,13H,10,12H2. The number of fused-ring (bicyclic) bond motifs is 1. The summed E-state index contributed by atoms with van der Waals surface area (Å²) in [4.78, 5) is 34.0. The number of pyridine rings is 1. The molecule has 0 spiro atoms. The van der Waals surface area contributed by atoms with E-state index in [1.54, 1.807) is 59.6 Å². The van der Waals surface area contributed by atoms with Crippen LogP contribution in [0.2, 0.25) is 0 Å². The minimum absolute atomic E-state index is 0.0558. The van der Waals surface area contributed by atoms with Gasteiger partial charge < -0.3 is 4.74 Å². The molecule has 0 fully saturated rings. The Morgan fingerprint density at radius 2 is 2.00 bits per heavy atom. The van der Waals surface area contributed by atoms with Crippen LogP contribution < -0.4 is 5.56 Å². The molecule has 1 aromatic carbocycles. The van der Waals surface area contributed by atoms with E-state index >= 15 is 0 Å². The van der Waals surface area contributed by atoms with E-state index < -0.39 is 5.97 Å². The van der Waals surface area contributed by atoms with E-state index in [1.165, 1.54) is 10.5 Å². The van der Waals surface area contributed by atoms with Crippen molar-refractivity contribution in [2.75, 3.05) is 0 Å². The van der Waals surface area contributed by atoms with Gasteiger partial charge in [0.1, 0.15) is 12.3 Å². The molecule has 0 N–H and O–H groups in total. The van der Waals surface area contributed by atoms with Crippen molar-refractivity contribution in [1.82, 2.24) is 14.4 Å². The molecular weight excluding hydrogens is 394 g/mol. The molecule has 0 aliphatic rings. The number of thioether (sulfide) groups is 1. The Hall–Kier alpha value is -2.97. The highest BCUT2D eigenvalue weighted by Gasteiger charge is 2.09. The lowest BCUT2D eigenvalue weighted by Gasteiger charge is -2.07. The second-order valence-electron chi connectivity index (χ2n) is 5.88. The van der Waals surface area contributed by atoms with E-state index in [2.05, 4.69) is 9.97 Å². The maximum atomic E-state index is 12.3. The molecule has 3 heterocycles. The van der Waals surface area contributed by atoms with Crippen molar-refractivity contribution in [2.24, 2.45) is 0 Å². The van der Waals surface area contributed by atoms with Crippen LogP contribution in [0.1, 0.15) is 21.7 Å². The number of rotatable bonds is 6. The normalized spacial score (nSPS) is 10.9. The summed E-state index contributed by atoms with van der Waals surface area (Å²) in [6.07, 6.45) is 1.65. The molecule has 0 aliphatic heterocycles. The molecule has 0 saturated carbocycles. The summed E-state index contributed by atoms with van der Waals surface area (Å²) in [5.41, 5.74) is 4.03. The molecule has 0 radical (unpaired) electrons. The molecule has 6 nitrogen and oxygen atoms in total. The van der Waals surface area contributed by atoms with E-state index in [0.717, 1.165) is 16.3 Å². The van der Waals surface area contributed by atoms with Gasteiger partial charge in [0.2, 0.25) is 0 Å². The fourth-order valence-corrected chi connectivity index (χ4v) is 4.02. The van der Waals surface area contributed by atoms with E-state index in [9.17, 15) is 9.59 Å². The third-order valence-corrected chi connectivity index (χ3v) is 5.62. The molecule has 0 unspecified atom stereocenters. The molecule has 0 bridgehead atoms. The summed E-state index contributed by atoms with van der Waals surface area (Å²) in [7, 11) is 0. The van der Waals surface area contributed by atoms with Crippen molar-refractivity contribution in [2.45, 2.75) is 17.3 Å². The van der Waals surface area contributed by atoms with Gasteiger partial charge in [-0.15, -0.1) is 23.1 Å². The van der Waals surface area contributed by atoms with E-state index in [4.69, 9.17) is 4.74 Å². The Kier molecular flexibility index (Phi) is 5.50. The van der Waals surface area contributed by atoms with Crippen LogP contribution in [0, 0.1) is 0 Å². The number of aromatic nitrogens is 3. The SMILES string of the molecule is O=C(OCc1cc(=O)n2ccccc2n1)c1ccc(SCc2cscn2)cc1. The van der Waals surface area contributed by atoms with Crippen LogP contribution >= 0.6 is 23.1 Å². The summed E-state index contributed by atoms with van der Waals surface area (Å²) in [5, 5.41) is 2.02. The van der Waals surface area contributed by atoms with Gasteiger partial charge >= 0.3 is 5.97 Å². The largest absolute Gasteiger partial charge is 0.456 e. The van der Waals surface area contributed by atoms with Crippen molar-refractivity contribution in [3.8, 4) is 0 Å². The van der Waals surface area contributed by atoms with Gasteiger partial charge in [-0.25, -0.2) is 14.8 Å². The van der Waals surface area contributed by atoms with Gasteiger partial charge in [-0.2, -0.15) is 0 Å². The molecule has 28 heavy (non-hydrogen) atoms. The van der Waals surface area contributed by atoms with Crippen LogP contribution in [-0.2, 0) is 17.1 Å². The maximum Gasteiger partial charge on any atom is 0.338 e. The molecule has 3 aromatic heterocycles. The lowest BCUT2D eigenvalue weighted by Crippen LogP contribution is -2.16. The summed E-state index contributed by atoms with van der Waals surface area (Å²) >= 11 is 3.23. The van der Waals surface area contributed by atoms with Crippen LogP contribution in [0.5, 0.6) is 0 Å². The number of carbonyl (C=O) groups is 1. The summed E-state index contributed by atoms with van der Waals surface area (Å²) in [6, 6.07) is 13.9. The van der Waals surface area contributed by atoms with Crippen molar-refractivity contribution in [3.05, 3.63) is 92.9 Å². The number of benzene rings is 1. The minimum Gasteiger partial charge on any atom is -0.456 e. The van der Waals surface area contributed by atoms with Crippen molar-refractivity contribution in [1.29, 1.82) is 0 Å². The Bertz CT molecular complexity index is 1160. The molecule has 4 rings (SSSR count). The highest BCUT2D eigenvalue weighted by molar-refractivity contribution is 7.98. The van der Waals surface area contributed by atoms with Gasteiger partial charge in [0.25, 0.3) is 5.56 Å². The van der Waals surface area contributed by atoms with Gasteiger partial charge in [0, 0.05) is 28.3 Å². The third-order valence-electron chi connectivity index (χ3n) is 3.94. The van der Waals surface area contributed by atoms with Crippen molar-refractivity contribution < 1.29 is 9.53 Å². The number of ether oxygens (including phenoxy) is 1. The molecule has 140 valence electrons. The van der Waals surface area contributed by atoms with Crippen LogP contribution in [0.3, 0.4) is 0 Å². The fourth-order valence-electron chi connectivity index (χ4n) is 2.55. The average molecular weight is 409 g/mol. The summed E-state index contributed by atoms with van der Waals surface area (Å²) in [5.74, 6) is 0.335. The first-order chi connectivity index (χ1) is 13.7. The number of esters is 1. The second kappa shape index (κ2) is 8.37. The molecular formula is C20H15N3O3S2. The van der Waals surface area contributed by atoms with Gasteiger partial charge in [0.05, 0.1) is 22.5 Å². The van der Waals surface area contributed by atoms with Crippen LogP contribution in [0.15, 0.2) is 75.3 Å². The molecule has 8 heteroatoms. The number of hydrogen-bond acceptors (Lipinski definition) is 7. The average Bonchev–Trinajstić information content (AvgIpc) is 3.25. The predicted octanol–water partition coefficient (Wildman–Crippen LogP) is 3.80. The minimum atomic E-state index is -0.453. The first-order valence-electron chi connectivity index (χ1n) is 8.43. The van der Waals surface area contributed by atoms with Gasteiger partial charge in [0.15, 0.2) is 0 Å². The highest BCUT2D eigenvalue weighted by Crippen LogP contribution is 2.23. The molecule has 0 saturated heterocycles. The van der Waals surface area contributed by atoms with Gasteiger partial charge in [-0.05, 0) is 36.4 Å². The zero-order chi connectivity index (χ0) is 19.3. The van der Waals surface area contributed by atoms with Gasteiger partial charge in [-0.1, -0.05) is 6.07 Å². The Morgan fingerprint density at radius 3 is 2.79 bits per heavy atom. The number of nitrogens with zero attached hydrogens (tertiary/aromatic N) is 3.